The van der Waals surface area contributed by atoms with Crippen molar-refractivity contribution in [2.75, 3.05) is 33.8 Å². The summed E-state index contributed by atoms with van der Waals surface area (Å²) in [5.74, 6) is 0.0194. The van der Waals surface area contributed by atoms with E-state index in [-0.39, 0.29) is 12.5 Å². The van der Waals surface area contributed by atoms with Crippen LogP contribution in [0.15, 0.2) is 0 Å². The number of rotatable bonds is 6. The third-order valence-corrected chi connectivity index (χ3v) is 1.44. The number of nitrogens with zero attached hydrogens (tertiary/aromatic N) is 1. The zero-order chi connectivity index (χ0) is 9.40. The van der Waals surface area contributed by atoms with Crippen molar-refractivity contribution in [2.45, 2.75) is 12.8 Å². The fourth-order valence-electron chi connectivity index (χ4n) is 0.840. The van der Waals surface area contributed by atoms with Crippen LogP contribution in [0.2, 0.25) is 0 Å². The Labute approximate surface area is 73.6 Å². The van der Waals surface area contributed by atoms with Gasteiger partial charge in [-0.25, -0.2) is 0 Å². The van der Waals surface area contributed by atoms with Crippen LogP contribution in [0.4, 0.5) is 0 Å². The molecule has 0 saturated carbocycles. The number of amides is 1. The molecule has 0 spiro atoms. The third-order valence-electron chi connectivity index (χ3n) is 1.44. The lowest BCUT2D eigenvalue weighted by atomic mass is 10.3. The molecule has 0 atom stereocenters. The Morgan fingerprint density at radius 2 is 2.17 bits per heavy atom. The molecule has 0 heterocycles. The molecule has 12 heavy (non-hydrogen) atoms. The SMILES string of the molecule is CN(C)CCCC(=O)NCCO. The predicted molar refractivity (Wildman–Crippen MR) is 47.9 cm³/mol. The maximum atomic E-state index is 10.9. The van der Waals surface area contributed by atoms with Gasteiger partial charge in [0.05, 0.1) is 6.61 Å². The molecule has 0 aromatic carbocycles. The van der Waals surface area contributed by atoms with Crippen LogP contribution < -0.4 is 5.32 Å². The lowest BCUT2D eigenvalue weighted by Gasteiger charge is -2.08. The third kappa shape index (κ3) is 7.50. The second-order valence-electron chi connectivity index (χ2n) is 2.98. The molecule has 0 radical (unpaired) electrons. The van der Waals surface area contributed by atoms with Gasteiger partial charge in [-0.1, -0.05) is 0 Å². The highest BCUT2D eigenvalue weighted by molar-refractivity contribution is 5.75. The molecule has 72 valence electrons. The summed E-state index contributed by atoms with van der Waals surface area (Å²) in [5.41, 5.74) is 0. The van der Waals surface area contributed by atoms with E-state index in [1.807, 2.05) is 19.0 Å². The van der Waals surface area contributed by atoms with Crippen LogP contribution in [-0.2, 0) is 4.79 Å². The number of nitrogens with one attached hydrogen (secondary N) is 1. The van der Waals surface area contributed by atoms with Crippen LogP contribution >= 0.6 is 0 Å². The fraction of sp³-hybridized carbons (Fsp3) is 0.875. The van der Waals surface area contributed by atoms with Crippen LogP contribution in [0.25, 0.3) is 0 Å². The highest BCUT2D eigenvalue weighted by Crippen LogP contribution is 1.89. The summed E-state index contributed by atoms with van der Waals surface area (Å²) in [4.78, 5) is 13.0. The number of carbonyl (C=O) groups is 1. The molecule has 2 N–H and O–H groups in total. The highest BCUT2D eigenvalue weighted by atomic mass is 16.3. The molecule has 1 amide bonds. The zero-order valence-corrected chi connectivity index (χ0v) is 7.84. The van der Waals surface area contributed by atoms with E-state index in [2.05, 4.69) is 5.32 Å². The van der Waals surface area contributed by atoms with Gasteiger partial charge < -0.3 is 15.3 Å². The summed E-state index contributed by atoms with van der Waals surface area (Å²) < 4.78 is 0. The minimum Gasteiger partial charge on any atom is -0.395 e. The van der Waals surface area contributed by atoms with Gasteiger partial charge in [0.1, 0.15) is 0 Å². The quantitative estimate of drug-likeness (QED) is 0.567. The molecule has 0 fully saturated rings. The van der Waals surface area contributed by atoms with E-state index in [0.29, 0.717) is 13.0 Å². The molecular formula is C8H18N2O2. The smallest absolute Gasteiger partial charge is 0.220 e. The minimum absolute atomic E-state index is 0.0133. The monoisotopic (exact) mass is 174 g/mol. The normalized spacial score (nSPS) is 10.3. The summed E-state index contributed by atoms with van der Waals surface area (Å²) in [6.07, 6.45) is 1.41. The lowest BCUT2D eigenvalue weighted by Crippen LogP contribution is -2.27. The van der Waals surface area contributed by atoms with Crippen molar-refractivity contribution in [2.24, 2.45) is 0 Å². The van der Waals surface area contributed by atoms with Gasteiger partial charge in [-0.05, 0) is 27.1 Å². The van der Waals surface area contributed by atoms with E-state index in [0.717, 1.165) is 13.0 Å². The van der Waals surface area contributed by atoms with Crippen molar-refractivity contribution in [1.82, 2.24) is 10.2 Å². The van der Waals surface area contributed by atoms with Crippen molar-refractivity contribution in [3.63, 3.8) is 0 Å². The summed E-state index contributed by atoms with van der Waals surface area (Å²) >= 11 is 0. The van der Waals surface area contributed by atoms with Crippen LogP contribution in [0.1, 0.15) is 12.8 Å². The highest BCUT2D eigenvalue weighted by Gasteiger charge is 1.99. The summed E-state index contributed by atoms with van der Waals surface area (Å²) in [7, 11) is 3.96. The minimum atomic E-state index is 0.0133. The maximum Gasteiger partial charge on any atom is 0.220 e. The fourth-order valence-corrected chi connectivity index (χ4v) is 0.840. The predicted octanol–water partition coefficient (Wildman–Crippen LogP) is -0.563. The van der Waals surface area contributed by atoms with Gasteiger partial charge in [-0.3, -0.25) is 4.79 Å². The van der Waals surface area contributed by atoms with E-state index >= 15 is 0 Å². The van der Waals surface area contributed by atoms with Gasteiger partial charge in [0.2, 0.25) is 5.91 Å². The Balaban J connectivity index is 3.20. The molecule has 0 bridgehead atoms. The summed E-state index contributed by atoms with van der Waals surface area (Å²) in [6.45, 7) is 1.30. The lowest BCUT2D eigenvalue weighted by molar-refractivity contribution is -0.121. The van der Waals surface area contributed by atoms with Crippen molar-refractivity contribution in [3.8, 4) is 0 Å². The molecule has 0 aromatic rings. The van der Waals surface area contributed by atoms with Gasteiger partial charge in [-0.2, -0.15) is 0 Å². The molecule has 0 aromatic heterocycles. The molecule has 0 aliphatic heterocycles. The Bertz CT molecular complexity index is 126. The van der Waals surface area contributed by atoms with E-state index < -0.39 is 0 Å². The van der Waals surface area contributed by atoms with Crippen molar-refractivity contribution in [1.29, 1.82) is 0 Å². The summed E-state index contributed by atoms with van der Waals surface area (Å²) in [5, 5.41) is 11.0. The summed E-state index contributed by atoms with van der Waals surface area (Å²) in [6, 6.07) is 0. The molecule has 0 aliphatic carbocycles. The van der Waals surface area contributed by atoms with Crippen molar-refractivity contribution >= 4 is 5.91 Å². The number of aliphatic hydroxyl groups is 1. The topological polar surface area (TPSA) is 52.6 Å². The first kappa shape index (κ1) is 11.4. The molecular weight excluding hydrogens is 156 g/mol. The number of hydrogen-bond acceptors (Lipinski definition) is 3. The molecule has 0 saturated heterocycles. The first-order valence-corrected chi connectivity index (χ1v) is 4.19. The number of hydrogen-bond donors (Lipinski definition) is 2. The average Bonchev–Trinajstić information content (AvgIpc) is 2.00. The molecule has 0 aliphatic rings. The van der Waals surface area contributed by atoms with Gasteiger partial charge in [-0.15, -0.1) is 0 Å². The maximum absolute atomic E-state index is 10.9. The Morgan fingerprint density at radius 3 is 2.67 bits per heavy atom. The van der Waals surface area contributed by atoms with Gasteiger partial charge in [0, 0.05) is 13.0 Å². The van der Waals surface area contributed by atoms with Gasteiger partial charge >= 0.3 is 0 Å². The van der Waals surface area contributed by atoms with Gasteiger partial charge in [0.15, 0.2) is 0 Å². The second kappa shape index (κ2) is 7.06. The number of carbonyl (C=O) groups excluding carboxylic acids is 1. The zero-order valence-electron chi connectivity index (χ0n) is 7.84. The van der Waals surface area contributed by atoms with Crippen LogP contribution in [0, 0.1) is 0 Å². The Morgan fingerprint density at radius 1 is 1.50 bits per heavy atom. The van der Waals surface area contributed by atoms with E-state index in [9.17, 15) is 4.79 Å². The van der Waals surface area contributed by atoms with Crippen LogP contribution in [-0.4, -0.2) is 49.7 Å². The average molecular weight is 174 g/mol. The Kier molecular flexibility index (Phi) is 6.70. The number of aliphatic hydroxyl groups excluding tert-OH is 1. The molecule has 4 nitrogen and oxygen atoms in total. The van der Waals surface area contributed by atoms with Crippen molar-refractivity contribution < 1.29 is 9.90 Å². The second-order valence-corrected chi connectivity index (χ2v) is 2.98. The first-order chi connectivity index (χ1) is 5.66. The van der Waals surface area contributed by atoms with Crippen LogP contribution in [0.3, 0.4) is 0 Å². The van der Waals surface area contributed by atoms with Gasteiger partial charge in [0.25, 0.3) is 0 Å². The van der Waals surface area contributed by atoms with E-state index in [1.54, 1.807) is 0 Å². The Hall–Kier alpha value is -0.610. The molecule has 4 heteroatoms. The molecule has 0 rings (SSSR count). The van der Waals surface area contributed by atoms with E-state index in [1.165, 1.54) is 0 Å². The molecule has 0 unspecified atom stereocenters. The van der Waals surface area contributed by atoms with Crippen LogP contribution in [0.5, 0.6) is 0 Å². The largest absolute Gasteiger partial charge is 0.395 e. The standard InChI is InChI=1S/C8H18N2O2/c1-10(2)6-3-4-8(12)9-5-7-11/h11H,3-7H2,1-2H3,(H,9,12). The van der Waals surface area contributed by atoms with E-state index in [4.69, 9.17) is 5.11 Å². The van der Waals surface area contributed by atoms with Crippen molar-refractivity contribution in [3.05, 3.63) is 0 Å². The first-order valence-electron chi connectivity index (χ1n) is 4.19.